The largest absolute Gasteiger partial charge is 0.192 e. The van der Waals surface area contributed by atoms with E-state index in [1.165, 1.54) is 5.56 Å². The van der Waals surface area contributed by atoms with Crippen LogP contribution in [0.2, 0.25) is 0 Å². The maximum Gasteiger partial charge on any atom is 0.0991 e. The van der Waals surface area contributed by atoms with Gasteiger partial charge in [-0.3, -0.25) is 0 Å². The van der Waals surface area contributed by atoms with Crippen molar-refractivity contribution in [1.82, 2.24) is 0 Å². The molecular formula is C10H10BrN. The van der Waals surface area contributed by atoms with Gasteiger partial charge in [0.1, 0.15) is 0 Å². The van der Waals surface area contributed by atoms with Crippen LogP contribution in [0, 0.1) is 11.3 Å². The van der Waals surface area contributed by atoms with Crippen molar-refractivity contribution in [1.29, 1.82) is 5.26 Å². The summed E-state index contributed by atoms with van der Waals surface area (Å²) in [5.74, 6) is 0.512. The molecule has 0 radical (unpaired) electrons. The zero-order valence-electron chi connectivity index (χ0n) is 6.92. The second-order valence-electron chi connectivity index (χ2n) is 2.79. The minimum absolute atomic E-state index is 0.512. The standard InChI is InChI=1S/C10H10BrN/c1-8(6-11)10-4-2-9(7-12)3-5-10/h2-5,8H,6H2,1H3. The summed E-state index contributed by atoms with van der Waals surface area (Å²) in [4.78, 5) is 0. The predicted molar refractivity (Wildman–Crippen MR) is 53.4 cm³/mol. The average Bonchev–Trinajstić information content (AvgIpc) is 2.17. The molecule has 1 rings (SSSR count). The van der Waals surface area contributed by atoms with Gasteiger partial charge in [0, 0.05) is 5.33 Å². The fourth-order valence-electron chi connectivity index (χ4n) is 0.975. The summed E-state index contributed by atoms with van der Waals surface area (Å²) in [6.45, 7) is 2.15. The highest BCUT2D eigenvalue weighted by Crippen LogP contribution is 2.17. The molecule has 0 amide bonds. The van der Waals surface area contributed by atoms with Gasteiger partial charge in [0.25, 0.3) is 0 Å². The average molecular weight is 224 g/mol. The Morgan fingerprint density at radius 1 is 1.42 bits per heavy atom. The molecule has 0 spiro atoms. The Balaban J connectivity index is 2.86. The van der Waals surface area contributed by atoms with Gasteiger partial charge in [-0.2, -0.15) is 5.26 Å². The number of nitrogens with zero attached hydrogens (tertiary/aromatic N) is 1. The number of halogens is 1. The van der Waals surface area contributed by atoms with Crippen LogP contribution >= 0.6 is 15.9 Å². The lowest BCUT2D eigenvalue weighted by molar-refractivity contribution is 0.888. The number of hydrogen-bond donors (Lipinski definition) is 0. The fraction of sp³-hybridized carbons (Fsp3) is 0.300. The van der Waals surface area contributed by atoms with Crippen LogP contribution in [0.4, 0.5) is 0 Å². The van der Waals surface area contributed by atoms with Crippen molar-refractivity contribution in [2.75, 3.05) is 5.33 Å². The Labute approximate surface area is 81.2 Å². The minimum Gasteiger partial charge on any atom is -0.192 e. The second-order valence-corrected chi connectivity index (χ2v) is 3.44. The van der Waals surface area contributed by atoms with Crippen molar-refractivity contribution >= 4 is 15.9 Å². The van der Waals surface area contributed by atoms with Crippen molar-refractivity contribution in [3.8, 4) is 6.07 Å². The Morgan fingerprint density at radius 2 is 2.00 bits per heavy atom. The van der Waals surface area contributed by atoms with E-state index < -0.39 is 0 Å². The molecule has 1 unspecified atom stereocenters. The molecule has 1 aromatic rings. The third-order valence-corrected chi connectivity index (χ3v) is 2.81. The van der Waals surface area contributed by atoms with Crippen LogP contribution in [0.1, 0.15) is 24.0 Å². The molecule has 0 aliphatic rings. The van der Waals surface area contributed by atoms with Crippen molar-refractivity contribution < 1.29 is 0 Å². The van der Waals surface area contributed by atoms with Crippen molar-refractivity contribution in [2.24, 2.45) is 0 Å². The summed E-state index contributed by atoms with van der Waals surface area (Å²) in [5, 5.41) is 9.52. The zero-order chi connectivity index (χ0) is 8.97. The van der Waals surface area contributed by atoms with E-state index >= 15 is 0 Å². The highest BCUT2D eigenvalue weighted by atomic mass is 79.9. The SMILES string of the molecule is CC(CBr)c1ccc(C#N)cc1. The summed E-state index contributed by atoms with van der Waals surface area (Å²) >= 11 is 3.42. The Hall–Kier alpha value is -0.810. The first-order valence-electron chi connectivity index (χ1n) is 3.84. The number of rotatable bonds is 2. The zero-order valence-corrected chi connectivity index (χ0v) is 8.51. The monoisotopic (exact) mass is 223 g/mol. The summed E-state index contributed by atoms with van der Waals surface area (Å²) in [6, 6.07) is 9.82. The van der Waals surface area contributed by atoms with E-state index in [9.17, 15) is 0 Å². The highest BCUT2D eigenvalue weighted by Gasteiger charge is 2.02. The van der Waals surface area contributed by atoms with Gasteiger partial charge in [0.15, 0.2) is 0 Å². The first-order chi connectivity index (χ1) is 5.77. The van der Waals surface area contributed by atoms with E-state index in [-0.39, 0.29) is 0 Å². The molecule has 0 aliphatic heterocycles. The minimum atomic E-state index is 0.512. The number of nitriles is 1. The van der Waals surface area contributed by atoms with Crippen LogP contribution in [-0.4, -0.2) is 5.33 Å². The molecule has 0 aromatic heterocycles. The molecule has 1 aromatic carbocycles. The topological polar surface area (TPSA) is 23.8 Å². The maximum atomic E-state index is 8.57. The molecule has 0 bridgehead atoms. The van der Waals surface area contributed by atoms with Gasteiger partial charge in [0.2, 0.25) is 0 Å². The predicted octanol–water partition coefficient (Wildman–Crippen LogP) is 3.06. The molecule has 62 valence electrons. The summed E-state index contributed by atoms with van der Waals surface area (Å²) < 4.78 is 0. The smallest absolute Gasteiger partial charge is 0.0991 e. The van der Waals surface area contributed by atoms with Crippen LogP contribution in [0.3, 0.4) is 0 Å². The van der Waals surface area contributed by atoms with E-state index in [2.05, 4.69) is 28.9 Å². The van der Waals surface area contributed by atoms with Gasteiger partial charge in [-0.1, -0.05) is 35.0 Å². The Bertz CT molecular complexity index is 284. The Morgan fingerprint density at radius 3 is 2.42 bits per heavy atom. The van der Waals surface area contributed by atoms with E-state index in [1.807, 2.05) is 24.3 Å². The molecular weight excluding hydrogens is 214 g/mol. The molecule has 0 aliphatic carbocycles. The van der Waals surface area contributed by atoms with Gasteiger partial charge in [-0.25, -0.2) is 0 Å². The first kappa shape index (κ1) is 9.28. The number of benzene rings is 1. The third kappa shape index (κ3) is 2.09. The molecule has 0 saturated heterocycles. The third-order valence-electron chi connectivity index (χ3n) is 1.84. The van der Waals surface area contributed by atoms with E-state index in [0.29, 0.717) is 5.92 Å². The van der Waals surface area contributed by atoms with Crippen LogP contribution in [-0.2, 0) is 0 Å². The first-order valence-corrected chi connectivity index (χ1v) is 4.96. The summed E-state index contributed by atoms with van der Waals surface area (Å²) in [5.41, 5.74) is 1.99. The molecule has 1 nitrogen and oxygen atoms in total. The van der Waals surface area contributed by atoms with Crippen LogP contribution in [0.25, 0.3) is 0 Å². The normalized spacial score (nSPS) is 12.1. The van der Waals surface area contributed by atoms with Gasteiger partial charge in [-0.15, -0.1) is 0 Å². The summed E-state index contributed by atoms with van der Waals surface area (Å²) in [6.07, 6.45) is 0. The van der Waals surface area contributed by atoms with Crippen LogP contribution in [0.5, 0.6) is 0 Å². The molecule has 0 saturated carbocycles. The van der Waals surface area contributed by atoms with E-state index in [4.69, 9.17) is 5.26 Å². The number of alkyl halides is 1. The lowest BCUT2D eigenvalue weighted by Crippen LogP contribution is -1.93. The molecule has 0 fully saturated rings. The van der Waals surface area contributed by atoms with Crippen LogP contribution in [0.15, 0.2) is 24.3 Å². The van der Waals surface area contributed by atoms with Gasteiger partial charge >= 0.3 is 0 Å². The van der Waals surface area contributed by atoms with Crippen LogP contribution < -0.4 is 0 Å². The quantitative estimate of drug-likeness (QED) is 0.708. The van der Waals surface area contributed by atoms with Crippen molar-refractivity contribution in [3.63, 3.8) is 0 Å². The van der Waals surface area contributed by atoms with Crippen molar-refractivity contribution in [3.05, 3.63) is 35.4 Å². The molecule has 1 atom stereocenters. The van der Waals surface area contributed by atoms with E-state index in [0.717, 1.165) is 10.9 Å². The lowest BCUT2D eigenvalue weighted by atomic mass is 10.0. The molecule has 12 heavy (non-hydrogen) atoms. The second kappa shape index (κ2) is 4.27. The lowest BCUT2D eigenvalue weighted by Gasteiger charge is -2.06. The van der Waals surface area contributed by atoms with E-state index in [1.54, 1.807) is 0 Å². The maximum absolute atomic E-state index is 8.57. The summed E-state index contributed by atoms with van der Waals surface area (Å²) in [7, 11) is 0. The van der Waals surface area contributed by atoms with Gasteiger partial charge < -0.3 is 0 Å². The molecule has 2 heteroatoms. The van der Waals surface area contributed by atoms with Gasteiger partial charge in [-0.05, 0) is 23.6 Å². The highest BCUT2D eigenvalue weighted by molar-refractivity contribution is 9.09. The molecule has 0 N–H and O–H groups in total. The van der Waals surface area contributed by atoms with Gasteiger partial charge in [0.05, 0.1) is 11.6 Å². The Kier molecular flexibility index (Phi) is 3.31. The van der Waals surface area contributed by atoms with Crippen molar-refractivity contribution in [2.45, 2.75) is 12.8 Å². The fourth-order valence-corrected chi connectivity index (χ4v) is 1.35. The molecule has 0 heterocycles. The number of hydrogen-bond acceptors (Lipinski definition) is 1.